The highest BCUT2D eigenvalue weighted by Crippen LogP contribution is 2.36. The molecule has 0 atom stereocenters. The first-order valence-corrected chi connectivity index (χ1v) is 7.21. The van der Waals surface area contributed by atoms with Crippen molar-refractivity contribution in [3.05, 3.63) is 39.9 Å². The fourth-order valence-electron chi connectivity index (χ4n) is 2.86. The molecular formula is C15H18N2O5. The van der Waals surface area contributed by atoms with Crippen molar-refractivity contribution in [2.45, 2.75) is 32.1 Å². The lowest BCUT2D eigenvalue weighted by Gasteiger charge is -2.33. The number of para-hydroxylation sites is 1. The van der Waals surface area contributed by atoms with Crippen LogP contribution in [-0.4, -0.2) is 28.5 Å². The summed E-state index contributed by atoms with van der Waals surface area (Å²) in [7, 11) is 0. The van der Waals surface area contributed by atoms with E-state index in [9.17, 15) is 24.8 Å². The van der Waals surface area contributed by atoms with Gasteiger partial charge in [-0.15, -0.1) is 0 Å². The van der Waals surface area contributed by atoms with Gasteiger partial charge in [0, 0.05) is 12.6 Å². The number of nitrogens with one attached hydrogen (secondary N) is 1. The lowest BCUT2D eigenvalue weighted by atomic mass is 9.74. The van der Waals surface area contributed by atoms with E-state index in [0.717, 1.165) is 19.3 Å². The maximum absolute atomic E-state index is 12.2. The summed E-state index contributed by atoms with van der Waals surface area (Å²) in [6.07, 6.45) is 3.65. The van der Waals surface area contributed by atoms with Crippen LogP contribution in [-0.2, 0) is 4.79 Å². The fraction of sp³-hybridized carbons (Fsp3) is 0.467. The molecule has 0 unspecified atom stereocenters. The van der Waals surface area contributed by atoms with Gasteiger partial charge in [-0.2, -0.15) is 0 Å². The van der Waals surface area contributed by atoms with E-state index < -0.39 is 22.2 Å². The van der Waals surface area contributed by atoms with Crippen LogP contribution in [0.1, 0.15) is 42.5 Å². The standard InChI is InChI=1S/C15H18N2O5/c18-13(11-6-2-3-7-12(11)17(21)22)16-10-15(14(19)20)8-4-1-5-9-15/h2-3,6-7H,1,4-5,8-10H2,(H,16,18)(H,19,20). The Morgan fingerprint density at radius 3 is 2.45 bits per heavy atom. The van der Waals surface area contributed by atoms with Crippen molar-refractivity contribution in [3.63, 3.8) is 0 Å². The molecule has 1 aromatic carbocycles. The number of nitro benzene ring substituents is 1. The van der Waals surface area contributed by atoms with Crippen LogP contribution in [0.15, 0.2) is 24.3 Å². The Morgan fingerprint density at radius 1 is 1.23 bits per heavy atom. The zero-order chi connectivity index (χ0) is 16.2. The number of hydrogen-bond acceptors (Lipinski definition) is 4. The number of amides is 1. The average Bonchev–Trinajstić information content (AvgIpc) is 2.53. The highest BCUT2D eigenvalue weighted by atomic mass is 16.6. The topological polar surface area (TPSA) is 110 Å². The minimum Gasteiger partial charge on any atom is -0.481 e. The van der Waals surface area contributed by atoms with E-state index in [1.807, 2.05) is 0 Å². The van der Waals surface area contributed by atoms with Crippen LogP contribution >= 0.6 is 0 Å². The maximum Gasteiger partial charge on any atom is 0.311 e. The second-order valence-electron chi connectivity index (χ2n) is 5.60. The van der Waals surface area contributed by atoms with Crippen molar-refractivity contribution in [2.75, 3.05) is 6.54 Å². The summed E-state index contributed by atoms with van der Waals surface area (Å²) in [6, 6.07) is 5.63. The van der Waals surface area contributed by atoms with Crippen LogP contribution in [0.2, 0.25) is 0 Å². The number of carboxylic acids is 1. The molecule has 7 heteroatoms. The fourth-order valence-corrected chi connectivity index (χ4v) is 2.86. The lowest BCUT2D eigenvalue weighted by Crippen LogP contribution is -2.44. The van der Waals surface area contributed by atoms with Crippen LogP contribution in [0.4, 0.5) is 5.69 Å². The molecular weight excluding hydrogens is 288 g/mol. The molecule has 1 aliphatic carbocycles. The Hall–Kier alpha value is -2.44. The molecule has 1 saturated carbocycles. The maximum atomic E-state index is 12.2. The van der Waals surface area contributed by atoms with E-state index in [1.54, 1.807) is 0 Å². The summed E-state index contributed by atoms with van der Waals surface area (Å²) in [5, 5.41) is 23.0. The van der Waals surface area contributed by atoms with Crippen LogP contribution in [0.5, 0.6) is 0 Å². The van der Waals surface area contributed by atoms with Gasteiger partial charge in [0.2, 0.25) is 0 Å². The summed E-state index contributed by atoms with van der Waals surface area (Å²) in [5.74, 6) is -1.53. The van der Waals surface area contributed by atoms with E-state index in [1.165, 1.54) is 24.3 Å². The molecule has 0 aliphatic heterocycles. The summed E-state index contributed by atoms with van der Waals surface area (Å²) in [5.41, 5.74) is -1.30. The van der Waals surface area contributed by atoms with E-state index in [2.05, 4.69) is 5.32 Å². The molecule has 2 rings (SSSR count). The van der Waals surface area contributed by atoms with Gasteiger partial charge in [0.15, 0.2) is 0 Å². The van der Waals surface area contributed by atoms with Gasteiger partial charge < -0.3 is 10.4 Å². The number of carbonyl (C=O) groups is 2. The average molecular weight is 306 g/mol. The first-order chi connectivity index (χ1) is 10.5. The highest BCUT2D eigenvalue weighted by molar-refractivity contribution is 5.98. The van der Waals surface area contributed by atoms with Crippen LogP contribution in [0.3, 0.4) is 0 Å². The molecule has 0 radical (unpaired) electrons. The number of carbonyl (C=O) groups excluding carboxylic acids is 1. The predicted octanol–water partition coefficient (Wildman–Crippen LogP) is 2.36. The first kappa shape index (κ1) is 15.9. The highest BCUT2D eigenvalue weighted by Gasteiger charge is 2.40. The van der Waals surface area contributed by atoms with Gasteiger partial charge >= 0.3 is 5.97 Å². The van der Waals surface area contributed by atoms with E-state index in [0.29, 0.717) is 12.8 Å². The minimum atomic E-state index is -0.961. The zero-order valence-electron chi connectivity index (χ0n) is 12.1. The second-order valence-corrected chi connectivity index (χ2v) is 5.60. The van der Waals surface area contributed by atoms with Gasteiger partial charge in [-0.1, -0.05) is 31.4 Å². The normalized spacial score (nSPS) is 16.7. The Labute approximate surface area is 127 Å². The third-order valence-electron chi connectivity index (χ3n) is 4.20. The first-order valence-electron chi connectivity index (χ1n) is 7.21. The SMILES string of the molecule is O=C(NCC1(C(=O)O)CCCCC1)c1ccccc1[N+](=O)[O-]. The van der Waals surface area contributed by atoms with Crippen LogP contribution in [0.25, 0.3) is 0 Å². The van der Waals surface area contributed by atoms with Gasteiger partial charge in [-0.05, 0) is 18.9 Å². The van der Waals surface area contributed by atoms with Crippen molar-refractivity contribution in [3.8, 4) is 0 Å². The Balaban J connectivity index is 2.12. The smallest absolute Gasteiger partial charge is 0.311 e. The molecule has 22 heavy (non-hydrogen) atoms. The Morgan fingerprint density at radius 2 is 1.86 bits per heavy atom. The summed E-state index contributed by atoms with van der Waals surface area (Å²) < 4.78 is 0. The number of nitrogens with zero attached hydrogens (tertiary/aromatic N) is 1. The van der Waals surface area contributed by atoms with Crippen molar-refractivity contribution in [2.24, 2.45) is 5.41 Å². The van der Waals surface area contributed by atoms with E-state index in [4.69, 9.17) is 0 Å². The quantitative estimate of drug-likeness (QED) is 0.641. The third-order valence-corrected chi connectivity index (χ3v) is 4.20. The predicted molar refractivity (Wildman–Crippen MR) is 78.6 cm³/mol. The van der Waals surface area contributed by atoms with Crippen molar-refractivity contribution >= 4 is 17.6 Å². The Bertz CT molecular complexity index is 593. The zero-order valence-corrected chi connectivity index (χ0v) is 12.1. The van der Waals surface area contributed by atoms with Crippen LogP contribution in [0, 0.1) is 15.5 Å². The van der Waals surface area contributed by atoms with Gasteiger partial charge in [0.05, 0.1) is 10.3 Å². The van der Waals surface area contributed by atoms with Crippen molar-refractivity contribution in [1.82, 2.24) is 5.32 Å². The molecule has 118 valence electrons. The van der Waals surface area contributed by atoms with Crippen LogP contribution < -0.4 is 5.32 Å². The number of hydrogen-bond donors (Lipinski definition) is 2. The Kier molecular flexibility index (Phi) is 4.75. The second kappa shape index (κ2) is 6.55. The molecule has 2 N–H and O–H groups in total. The molecule has 1 aliphatic rings. The molecule has 0 bridgehead atoms. The number of carboxylic acid groups (broad SMARTS) is 1. The van der Waals surface area contributed by atoms with Gasteiger partial charge in [-0.3, -0.25) is 19.7 Å². The molecule has 1 aromatic rings. The van der Waals surface area contributed by atoms with Crippen molar-refractivity contribution < 1.29 is 19.6 Å². The van der Waals surface area contributed by atoms with Gasteiger partial charge in [-0.25, -0.2) is 0 Å². The van der Waals surface area contributed by atoms with Gasteiger partial charge in [0.25, 0.3) is 11.6 Å². The third kappa shape index (κ3) is 3.24. The monoisotopic (exact) mass is 306 g/mol. The van der Waals surface area contributed by atoms with Gasteiger partial charge in [0.1, 0.15) is 5.56 Å². The molecule has 0 saturated heterocycles. The molecule has 7 nitrogen and oxygen atoms in total. The summed E-state index contributed by atoms with van der Waals surface area (Å²) in [4.78, 5) is 34.0. The number of nitro groups is 1. The molecule has 0 spiro atoms. The molecule has 0 aromatic heterocycles. The van der Waals surface area contributed by atoms with E-state index in [-0.39, 0.29) is 17.8 Å². The lowest BCUT2D eigenvalue weighted by molar-refractivity contribution is -0.385. The number of benzene rings is 1. The molecule has 0 heterocycles. The number of aliphatic carboxylic acids is 1. The van der Waals surface area contributed by atoms with Crippen molar-refractivity contribution in [1.29, 1.82) is 0 Å². The number of rotatable bonds is 5. The molecule has 1 fully saturated rings. The summed E-state index contributed by atoms with van der Waals surface area (Å²) in [6.45, 7) is -0.00673. The summed E-state index contributed by atoms with van der Waals surface area (Å²) >= 11 is 0. The van der Waals surface area contributed by atoms with E-state index >= 15 is 0 Å². The largest absolute Gasteiger partial charge is 0.481 e. The molecule has 1 amide bonds. The minimum absolute atomic E-state index is 0.00673.